The highest BCUT2D eigenvalue weighted by Crippen LogP contribution is 2.29. The number of rotatable bonds is 3. The van der Waals surface area contributed by atoms with Gasteiger partial charge in [0.1, 0.15) is 5.69 Å². The van der Waals surface area contributed by atoms with E-state index in [2.05, 4.69) is 5.32 Å². The summed E-state index contributed by atoms with van der Waals surface area (Å²) in [7, 11) is 0. The number of anilines is 2. The molecule has 0 aliphatic carbocycles. The zero-order valence-corrected chi connectivity index (χ0v) is 10.8. The minimum Gasteiger partial charge on any atom is -0.393 e. The molecule has 2 rings (SSSR count). The van der Waals surface area contributed by atoms with Crippen molar-refractivity contribution >= 4 is 23.0 Å². The molecule has 0 atom stereocenters. The maximum Gasteiger partial charge on any atom is 0.292 e. The number of nitrogen functional groups attached to an aromatic ring is 1. The Morgan fingerprint density at radius 3 is 2.30 bits per heavy atom. The van der Waals surface area contributed by atoms with Gasteiger partial charge in [0.2, 0.25) is 5.91 Å². The van der Waals surface area contributed by atoms with E-state index in [0.717, 1.165) is 5.56 Å². The van der Waals surface area contributed by atoms with Gasteiger partial charge in [-0.3, -0.25) is 14.9 Å². The van der Waals surface area contributed by atoms with Crippen LogP contribution in [0.3, 0.4) is 0 Å². The number of carbonyl (C=O) groups excluding carboxylic acids is 1. The predicted octanol–water partition coefficient (Wildman–Crippen LogP) is 2.80. The third-order valence-corrected chi connectivity index (χ3v) is 2.77. The Balaban J connectivity index is 2.34. The monoisotopic (exact) mass is 271 g/mol. The van der Waals surface area contributed by atoms with Crippen LogP contribution in [0.2, 0.25) is 0 Å². The molecule has 0 spiro atoms. The minimum atomic E-state index is -0.509. The van der Waals surface area contributed by atoms with Gasteiger partial charge >= 0.3 is 0 Å². The van der Waals surface area contributed by atoms with Gasteiger partial charge in [0.05, 0.1) is 4.92 Å². The SMILES string of the molecule is CC(=O)Nc1ccc(-c2ccc(N)c([N+](=O)[O-])c2)cc1. The van der Waals surface area contributed by atoms with Gasteiger partial charge in [-0.05, 0) is 29.3 Å². The van der Waals surface area contributed by atoms with E-state index in [1.807, 2.05) is 0 Å². The van der Waals surface area contributed by atoms with Gasteiger partial charge in [-0.15, -0.1) is 0 Å². The molecule has 0 aromatic heterocycles. The first-order valence-electron chi connectivity index (χ1n) is 5.89. The molecule has 0 aliphatic heterocycles. The van der Waals surface area contributed by atoms with Gasteiger partial charge in [0.15, 0.2) is 0 Å². The molecule has 0 radical (unpaired) electrons. The molecular weight excluding hydrogens is 258 g/mol. The van der Waals surface area contributed by atoms with Crippen LogP contribution < -0.4 is 11.1 Å². The number of nitrogens with two attached hydrogens (primary N) is 1. The Morgan fingerprint density at radius 1 is 1.15 bits per heavy atom. The Hall–Kier alpha value is -2.89. The minimum absolute atomic E-state index is 0.117. The number of hydrogen-bond donors (Lipinski definition) is 2. The summed E-state index contributed by atoms with van der Waals surface area (Å²) in [5.41, 5.74) is 7.75. The fourth-order valence-corrected chi connectivity index (χ4v) is 1.83. The first-order valence-corrected chi connectivity index (χ1v) is 5.89. The summed E-state index contributed by atoms with van der Waals surface area (Å²) in [6.45, 7) is 1.43. The van der Waals surface area contributed by atoms with Crippen molar-refractivity contribution in [2.45, 2.75) is 6.92 Å². The van der Waals surface area contributed by atoms with Crippen LogP contribution in [0, 0.1) is 10.1 Å². The summed E-state index contributed by atoms with van der Waals surface area (Å²) in [5, 5.41) is 13.5. The van der Waals surface area contributed by atoms with Gasteiger partial charge in [-0.25, -0.2) is 0 Å². The van der Waals surface area contributed by atoms with Crippen LogP contribution in [0.1, 0.15) is 6.92 Å². The van der Waals surface area contributed by atoms with Gasteiger partial charge in [-0.2, -0.15) is 0 Å². The lowest BCUT2D eigenvalue weighted by molar-refractivity contribution is -0.383. The van der Waals surface area contributed by atoms with E-state index >= 15 is 0 Å². The second kappa shape index (κ2) is 5.40. The van der Waals surface area contributed by atoms with Gasteiger partial charge in [-0.1, -0.05) is 18.2 Å². The number of nitrogens with one attached hydrogen (secondary N) is 1. The first kappa shape index (κ1) is 13.5. The normalized spacial score (nSPS) is 10.1. The number of amides is 1. The van der Waals surface area contributed by atoms with E-state index < -0.39 is 4.92 Å². The highest BCUT2D eigenvalue weighted by Gasteiger charge is 2.12. The van der Waals surface area contributed by atoms with Crippen molar-refractivity contribution in [1.29, 1.82) is 0 Å². The number of hydrogen-bond acceptors (Lipinski definition) is 4. The topological polar surface area (TPSA) is 98.3 Å². The fraction of sp³-hybridized carbons (Fsp3) is 0.0714. The lowest BCUT2D eigenvalue weighted by Gasteiger charge is -2.06. The molecule has 20 heavy (non-hydrogen) atoms. The number of benzene rings is 2. The molecule has 0 heterocycles. The Labute approximate surface area is 115 Å². The van der Waals surface area contributed by atoms with Crippen LogP contribution in [-0.2, 0) is 4.79 Å². The average Bonchev–Trinajstić information content (AvgIpc) is 2.39. The van der Waals surface area contributed by atoms with E-state index in [9.17, 15) is 14.9 Å². The van der Waals surface area contributed by atoms with E-state index in [4.69, 9.17) is 5.73 Å². The van der Waals surface area contributed by atoms with Crippen LogP contribution in [0.15, 0.2) is 42.5 Å². The summed E-state index contributed by atoms with van der Waals surface area (Å²) in [6.07, 6.45) is 0. The molecule has 102 valence electrons. The van der Waals surface area contributed by atoms with E-state index in [1.54, 1.807) is 30.3 Å². The van der Waals surface area contributed by atoms with Crippen LogP contribution in [0.4, 0.5) is 17.1 Å². The second-order valence-electron chi connectivity index (χ2n) is 4.29. The Bertz CT molecular complexity index is 666. The van der Waals surface area contributed by atoms with Gasteiger partial charge in [0.25, 0.3) is 5.69 Å². The van der Waals surface area contributed by atoms with Crippen molar-refractivity contribution in [3.63, 3.8) is 0 Å². The van der Waals surface area contributed by atoms with Crippen molar-refractivity contribution in [3.05, 3.63) is 52.6 Å². The summed E-state index contributed by atoms with van der Waals surface area (Å²) >= 11 is 0. The van der Waals surface area contributed by atoms with Crippen molar-refractivity contribution in [1.82, 2.24) is 0 Å². The van der Waals surface area contributed by atoms with Crippen molar-refractivity contribution in [2.24, 2.45) is 0 Å². The summed E-state index contributed by atoms with van der Waals surface area (Å²) in [6, 6.07) is 11.7. The highest BCUT2D eigenvalue weighted by atomic mass is 16.6. The van der Waals surface area contributed by atoms with Crippen molar-refractivity contribution in [2.75, 3.05) is 11.1 Å². The van der Waals surface area contributed by atoms with Crippen LogP contribution in [0.5, 0.6) is 0 Å². The van der Waals surface area contributed by atoms with Crippen molar-refractivity contribution < 1.29 is 9.72 Å². The predicted molar refractivity (Wildman–Crippen MR) is 77.2 cm³/mol. The summed E-state index contributed by atoms with van der Waals surface area (Å²) in [5.74, 6) is -0.152. The fourth-order valence-electron chi connectivity index (χ4n) is 1.83. The molecule has 2 aromatic rings. The van der Waals surface area contributed by atoms with Crippen LogP contribution >= 0.6 is 0 Å². The summed E-state index contributed by atoms with van der Waals surface area (Å²) < 4.78 is 0. The molecule has 0 bridgehead atoms. The van der Waals surface area contributed by atoms with Crippen molar-refractivity contribution in [3.8, 4) is 11.1 Å². The maximum atomic E-state index is 10.9. The second-order valence-corrected chi connectivity index (χ2v) is 4.29. The molecule has 0 saturated heterocycles. The standard InChI is InChI=1S/C14H13N3O3/c1-9(18)16-12-5-2-10(3-6-12)11-4-7-13(15)14(8-11)17(19)20/h2-8H,15H2,1H3,(H,16,18). The molecular formula is C14H13N3O3. The molecule has 0 aliphatic rings. The Kier molecular flexibility index (Phi) is 3.65. The molecule has 1 amide bonds. The Morgan fingerprint density at radius 2 is 1.75 bits per heavy atom. The zero-order chi connectivity index (χ0) is 14.7. The van der Waals surface area contributed by atoms with E-state index in [-0.39, 0.29) is 17.3 Å². The lowest BCUT2D eigenvalue weighted by Crippen LogP contribution is -2.05. The van der Waals surface area contributed by atoms with E-state index in [1.165, 1.54) is 19.1 Å². The molecule has 2 aromatic carbocycles. The number of carbonyl (C=O) groups is 1. The molecule has 6 nitrogen and oxygen atoms in total. The molecule has 0 fully saturated rings. The smallest absolute Gasteiger partial charge is 0.292 e. The molecule has 0 unspecified atom stereocenters. The maximum absolute atomic E-state index is 10.9. The third kappa shape index (κ3) is 2.92. The largest absolute Gasteiger partial charge is 0.393 e. The van der Waals surface area contributed by atoms with Gasteiger partial charge in [0, 0.05) is 18.7 Å². The van der Waals surface area contributed by atoms with Gasteiger partial charge < -0.3 is 11.1 Å². The van der Waals surface area contributed by atoms with Crippen LogP contribution in [0.25, 0.3) is 11.1 Å². The zero-order valence-electron chi connectivity index (χ0n) is 10.8. The molecule has 6 heteroatoms. The number of nitrogens with zero attached hydrogens (tertiary/aromatic N) is 1. The third-order valence-electron chi connectivity index (χ3n) is 2.77. The summed E-state index contributed by atoms with van der Waals surface area (Å²) in [4.78, 5) is 21.3. The van der Waals surface area contributed by atoms with Crippen LogP contribution in [-0.4, -0.2) is 10.8 Å². The quantitative estimate of drug-likeness (QED) is 0.509. The number of nitro benzene ring substituents is 1. The highest BCUT2D eigenvalue weighted by molar-refractivity contribution is 5.89. The van der Waals surface area contributed by atoms with E-state index in [0.29, 0.717) is 11.3 Å². The average molecular weight is 271 g/mol. The first-order chi connectivity index (χ1) is 9.47. The molecule has 3 N–H and O–H groups in total. The lowest BCUT2D eigenvalue weighted by atomic mass is 10.0. The molecule has 0 saturated carbocycles. The number of nitro groups is 1.